The summed E-state index contributed by atoms with van der Waals surface area (Å²) in [7, 11) is 0. The molecule has 0 bridgehead atoms. The summed E-state index contributed by atoms with van der Waals surface area (Å²) < 4.78 is 8.82. The molecule has 0 saturated carbocycles. The van der Waals surface area contributed by atoms with Crippen LogP contribution in [0.3, 0.4) is 0 Å². The fourth-order valence-electron chi connectivity index (χ4n) is 2.27. The fraction of sp³-hybridized carbons (Fsp3) is 0. The van der Waals surface area contributed by atoms with Gasteiger partial charge in [0.15, 0.2) is 0 Å². The van der Waals surface area contributed by atoms with Crippen molar-refractivity contribution < 1.29 is 0 Å². The van der Waals surface area contributed by atoms with Crippen LogP contribution in [-0.2, 0) is 0 Å². The van der Waals surface area contributed by atoms with E-state index in [1.807, 2.05) is 60.7 Å². The smallest absolute Gasteiger partial charge is 0.135 e. The van der Waals surface area contributed by atoms with Gasteiger partial charge in [0.05, 0.1) is 11.7 Å². The molecule has 2 aromatic heterocycles. The van der Waals surface area contributed by atoms with Crippen LogP contribution in [0.1, 0.15) is 0 Å². The zero-order valence-electron chi connectivity index (χ0n) is 11.0. The van der Waals surface area contributed by atoms with Crippen molar-refractivity contribution in [2.24, 2.45) is 0 Å². The van der Waals surface area contributed by atoms with Gasteiger partial charge in [0, 0.05) is 11.1 Å². The molecular formula is C16H10N4S. The van der Waals surface area contributed by atoms with Crippen molar-refractivity contribution in [2.75, 3.05) is 0 Å². The van der Waals surface area contributed by atoms with Gasteiger partial charge in [-0.15, -0.1) is 10.2 Å². The monoisotopic (exact) mass is 290 g/mol. The second-order valence-corrected chi connectivity index (χ2v) is 5.12. The average molecular weight is 290 g/mol. The summed E-state index contributed by atoms with van der Waals surface area (Å²) in [6.07, 6.45) is 0. The summed E-state index contributed by atoms with van der Waals surface area (Å²) in [6.45, 7) is 0. The number of benzene rings is 2. The van der Waals surface area contributed by atoms with Crippen LogP contribution >= 0.6 is 11.7 Å². The zero-order chi connectivity index (χ0) is 14.1. The average Bonchev–Trinajstić information content (AvgIpc) is 3.05. The van der Waals surface area contributed by atoms with Crippen LogP contribution in [0.15, 0.2) is 60.7 Å². The lowest BCUT2D eigenvalue weighted by Gasteiger charge is -2.04. The predicted molar refractivity (Wildman–Crippen MR) is 83.9 cm³/mol. The van der Waals surface area contributed by atoms with Crippen molar-refractivity contribution in [1.29, 1.82) is 0 Å². The number of aromatic nitrogens is 4. The van der Waals surface area contributed by atoms with E-state index in [9.17, 15) is 0 Å². The van der Waals surface area contributed by atoms with Gasteiger partial charge in [0.25, 0.3) is 0 Å². The lowest BCUT2D eigenvalue weighted by atomic mass is 10.1. The van der Waals surface area contributed by atoms with E-state index < -0.39 is 0 Å². The molecule has 2 heterocycles. The second kappa shape index (κ2) is 5.03. The number of nitrogens with zero attached hydrogens (tertiary/aromatic N) is 4. The van der Waals surface area contributed by atoms with Gasteiger partial charge in [-0.2, -0.15) is 8.75 Å². The Morgan fingerprint density at radius 3 is 1.43 bits per heavy atom. The fourth-order valence-corrected chi connectivity index (χ4v) is 2.82. The van der Waals surface area contributed by atoms with Crippen molar-refractivity contribution in [1.82, 2.24) is 18.9 Å². The summed E-state index contributed by atoms with van der Waals surface area (Å²) in [6, 6.07) is 19.9. The van der Waals surface area contributed by atoms with E-state index in [0.717, 1.165) is 33.5 Å². The summed E-state index contributed by atoms with van der Waals surface area (Å²) in [5.74, 6) is 0. The maximum Gasteiger partial charge on any atom is 0.135 e. The van der Waals surface area contributed by atoms with E-state index in [0.29, 0.717) is 0 Å². The second-order valence-electron chi connectivity index (χ2n) is 4.59. The summed E-state index contributed by atoms with van der Waals surface area (Å²) in [5, 5.41) is 8.76. The van der Waals surface area contributed by atoms with Gasteiger partial charge in [-0.25, -0.2) is 0 Å². The number of hydrogen-bond donors (Lipinski definition) is 0. The van der Waals surface area contributed by atoms with E-state index in [4.69, 9.17) is 0 Å². The van der Waals surface area contributed by atoms with Gasteiger partial charge < -0.3 is 0 Å². The molecule has 4 aromatic rings. The Bertz CT molecular complexity index is 814. The molecule has 2 aromatic carbocycles. The minimum absolute atomic E-state index is 0.777. The van der Waals surface area contributed by atoms with Crippen molar-refractivity contribution in [3.63, 3.8) is 0 Å². The van der Waals surface area contributed by atoms with Crippen LogP contribution in [0.5, 0.6) is 0 Å². The molecule has 0 aliphatic carbocycles. The molecule has 0 amide bonds. The zero-order valence-corrected chi connectivity index (χ0v) is 11.8. The Labute approximate surface area is 125 Å². The molecule has 0 radical (unpaired) electrons. The molecule has 0 unspecified atom stereocenters. The first-order valence-corrected chi connectivity index (χ1v) is 7.26. The summed E-state index contributed by atoms with van der Waals surface area (Å²) in [4.78, 5) is 0. The van der Waals surface area contributed by atoms with Crippen LogP contribution in [0.4, 0.5) is 0 Å². The van der Waals surface area contributed by atoms with Crippen LogP contribution in [-0.4, -0.2) is 18.9 Å². The van der Waals surface area contributed by atoms with Gasteiger partial charge in [0.1, 0.15) is 22.4 Å². The lowest BCUT2D eigenvalue weighted by molar-refractivity contribution is 1.06. The quantitative estimate of drug-likeness (QED) is 0.563. The molecule has 4 nitrogen and oxygen atoms in total. The molecule has 0 fully saturated rings. The molecule has 5 heteroatoms. The normalized spacial score (nSPS) is 10.9. The standard InChI is InChI=1S/C16H10N4S/c1-3-7-11(8-4-1)13-15-16(20-21-19-15)14(18-17-13)12-9-5-2-6-10-12/h1-10H. The Balaban J connectivity index is 1.97. The molecule has 0 atom stereocenters. The highest BCUT2D eigenvalue weighted by Gasteiger charge is 2.15. The lowest BCUT2D eigenvalue weighted by Crippen LogP contribution is -1.94. The van der Waals surface area contributed by atoms with Crippen molar-refractivity contribution in [3.05, 3.63) is 60.7 Å². The van der Waals surface area contributed by atoms with E-state index in [-0.39, 0.29) is 0 Å². The first-order valence-electron chi connectivity index (χ1n) is 6.53. The maximum absolute atomic E-state index is 4.41. The molecule has 4 rings (SSSR count). The van der Waals surface area contributed by atoms with Gasteiger partial charge in [0.2, 0.25) is 0 Å². The molecule has 0 N–H and O–H groups in total. The molecule has 21 heavy (non-hydrogen) atoms. The highest BCUT2D eigenvalue weighted by molar-refractivity contribution is 7.00. The number of hydrogen-bond acceptors (Lipinski definition) is 5. The third-order valence-corrected chi connectivity index (χ3v) is 3.81. The number of rotatable bonds is 2. The van der Waals surface area contributed by atoms with Gasteiger partial charge >= 0.3 is 0 Å². The third-order valence-electron chi connectivity index (χ3n) is 3.28. The van der Waals surface area contributed by atoms with Crippen LogP contribution < -0.4 is 0 Å². The molecule has 0 saturated heterocycles. The van der Waals surface area contributed by atoms with Gasteiger partial charge in [-0.1, -0.05) is 60.7 Å². The summed E-state index contributed by atoms with van der Waals surface area (Å²) >= 11 is 1.19. The first-order chi connectivity index (χ1) is 10.4. The van der Waals surface area contributed by atoms with Crippen molar-refractivity contribution >= 4 is 22.8 Å². The highest BCUT2D eigenvalue weighted by Crippen LogP contribution is 2.30. The van der Waals surface area contributed by atoms with Gasteiger partial charge in [-0.05, 0) is 0 Å². The molecule has 0 spiro atoms. The minimum atomic E-state index is 0.777. The van der Waals surface area contributed by atoms with Gasteiger partial charge in [-0.3, -0.25) is 0 Å². The summed E-state index contributed by atoms with van der Waals surface area (Å²) in [5.41, 5.74) is 5.17. The molecule has 100 valence electrons. The van der Waals surface area contributed by atoms with E-state index >= 15 is 0 Å². The highest BCUT2D eigenvalue weighted by atomic mass is 32.1. The first kappa shape index (κ1) is 12.1. The maximum atomic E-state index is 4.41. The topological polar surface area (TPSA) is 51.6 Å². The van der Waals surface area contributed by atoms with E-state index in [1.165, 1.54) is 11.7 Å². The van der Waals surface area contributed by atoms with Crippen LogP contribution in [0, 0.1) is 0 Å². The van der Waals surface area contributed by atoms with Crippen LogP contribution in [0.25, 0.3) is 33.5 Å². The van der Waals surface area contributed by atoms with Crippen molar-refractivity contribution in [3.8, 4) is 22.5 Å². The SMILES string of the molecule is c1ccc(-c2nnc(-c3ccccc3)c3nsnc23)cc1. The Hall–Kier alpha value is -2.66. The molecule has 0 aliphatic heterocycles. The Morgan fingerprint density at radius 1 is 0.571 bits per heavy atom. The van der Waals surface area contributed by atoms with E-state index in [2.05, 4.69) is 18.9 Å². The van der Waals surface area contributed by atoms with E-state index in [1.54, 1.807) is 0 Å². The Kier molecular flexibility index (Phi) is 2.90. The predicted octanol–water partition coefficient (Wildman–Crippen LogP) is 3.82. The Morgan fingerprint density at radius 2 is 1.00 bits per heavy atom. The minimum Gasteiger partial charge on any atom is -0.170 e. The molecule has 0 aliphatic rings. The number of fused-ring (bicyclic) bond motifs is 1. The van der Waals surface area contributed by atoms with Crippen LogP contribution in [0.2, 0.25) is 0 Å². The largest absolute Gasteiger partial charge is 0.170 e. The van der Waals surface area contributed by atoms with Crippen molar-refractivity contribution in [2.45, 2.75) is 0 Å². The third kappa shape index (κ3) is 2.08. The molecular weight excluding hydrogens is 280 g/mol.